The monoisotopic (exact) mass is 244 g/mol. The van der Waals surface area contributed by atoms with Crippen molar-refractivity contribution in [3.8, 4) is 0 Å². The third kappa shape index (κ3) is 174. The summed E-state index contributed by atoms with van der Waals surface area (Å²) in [7, 11) is 0. The van der Waals surface area contributed by atoms with Crippen LogP contribution in [0.4, 0.5) is 0 Å². The van der Waals surface area contributed by atoms with E-state index >= 15 is 0 Å². The van der Waals surface area contributed by atoms with Crippen molar-refractivity contribution >= 4 is 0 Å². The SMILES string of the molecule is C=C(C)OC(=C)C.C=CC.C=CC.OCCO. The average Bonchev–Trinajstić information content (AvgIpc) is 2.18. The number of ether oxygens (including phenoxy) is 1. The molecule has 0 atom stereocenters. The van der Waals surface area contributed by atoms with Crippen molar-refractivity contribution in [3.05, 3.63) is 50.0 Å². The van der Waals surface area contributed by atoms with Gasteiger partial charge in [-0.25, -0.2) is 0 Å². The minimum atomic E-state index is -0.125. The zero-order chi connectivity index (χ0) is 14.7. The molecule has 0 saturated heterocycles. The third-order valence-electron chi connectivity index (χ3n) is 0.448. The van der Waals surface area contributed by atoms with E-state index in [1.165, 1.54) is 0 Å². The third-order valence-corrected chi connectivity index (χ3v) is 0.448. The maximum absolute atomic E-state index is 7.62. The van der Waals surface area contributed by atoms with Crippen LogP contribution in [0.5, 0.6) is 0 Å². The predicted octanol–water partition coefficient (Wildman–Crippen LogP) is 3.43. The van der Waals surface area contributed by atoms with Crippen molar-refractivity contribution in [2.24, 2.45) is 0 Å². The van der Waals surface area contributed by atoms with Gasteiger partial charge in [0, 0.05) is 0 Å². The lowest BCUT2D eigenvalue weighted by molar-refractivity contribution is 0.186. The molecular weight excluding hydrogens is 216 g/mol. The molecule has 0 amide bonds. The highest BCUT2D eigenvalue weighted by Crippen LogP contribution is 1.97. The molecule has 0 radical (unpaired) electrons. The van der Waals surface area contributed by atoms with E-state index in [2.05, 4.69) is 26.3 Å². The Labute approximate surface area is 106 Å². The average molecular weight is 244 g/mol. The first-order valence-electron chi connectivity index (χ1n) is 5.22. The van der Waals surface area contributed by atoms with E-state index in [1.54, 1.807) is 26.0 Å². The van der Waals surface area contributed by atoms with Crippen molar-refractivity contribution in [2.75, 3.05) is 13.2 Å². The summed E-state index contributed by atoms with van der Waals surface area (Å²) in [6.07, 6.45) is 3.50. The van der Waals surface area contributed by atoms with Gasteiger partial charge in [-0.2, -0.15) is 0 Å². The van der Waals surface area contributed by atoms with E-state index in [0.717, 1.165) is 0 Å². The minimum absolute atomic E-state index is 0.125. The fourth-order valence-corrected chi connectivity index (χ4v) is 0.297. The van der Waals surface area contributed by atoms with Gasteiger partial charge in [-0.3, -0.25) is 0 Å². The minimum Gasteiger partial charge on any atom is -0.468 e. The summed E-state index contributed by atoms with van der Waals surface area (Å²) < 4.78 is 4.86. The van der Waals surface area contributed by atoms with Gasteiger partial charge in [-0.15, -0.1) is 13.2 Å². The Bertz CT molecular complexity index is 164. The van der Waals surface area contributed by atoms with Gasteiger partial charge in [0.25, 0.3) is 0 Å². The van der Waals surface area contributed by atoms with Crippen molar-refractivity contribution in [1.82, 2.24) is 0 Å². The molecule has 3 heteroatoms. The summed E-state index contributed by atoms with van der Waals surface area (Å²) in [5.41, 5.74) is 0. The van der Waals surface area contributed by atoms with E-state index < -0.39 is 0 Å². The first kappa shape index (κ1) is 24.8. The van der Waals surface area contributed by atoms with Crippen LogP contribution in [0.1, 0.15) is 27.7 Å². The molecule has 0 bridgehead atoms. The lowest BCUT2D eigenvalue weighted by atomic mass is 10.6. The lowest BCUT2D eigenvalue weighted by Crippen LogP contribution is -1.85. The lowest BCUT2D eigenvalue weighted by Gasteiger charge is -1.99. The fourth-order valence-electron chi connectivity index (χ4n) is 0.297. The second-order valence-electron chi connectivity index (χ2n) is 2.77. The van der Waals surface area contributed by atoms with Gasteiger partial charge in [0.1, 0.15) is 0 Å². The molecular formula is C14H28O3. The van der Waals surface area contributed by atoms with E-state index in [0.29, 0.717) is 11.5 Å². The molecule has 0 aromatic heterocycles. The Hall–Kier alpha value is -1.32. The van der Waals surface area contributed by atoms with E-state index in [1.807, 2.05) is 13.8 Å². The number of aliphatic hydroxyl groups is 2. The zero-order valence-electron chi connectivity index (χ0n) is 11.7. The van der Waals surface area contributed by atoms with Crippen LogP contribution in [0.15, 0.2) is 50.0 Å². The number of allylic oxidation sites excluding steroid dienone is 4. The highest BCUT2D eigenvalue weighted by molar-refractivity contribution is 4.85. The van der Waals surface area contributed by atoms with Crippen LogP contribution < -0.4 is 0 Å². The molecule has 0 heterocycles. The van der Waals surface area contributed by atoms with Gasteiger partial charge in [0.15, 0.2) is 0 Å². The highest BCUT2D eigenvalue weighted by Gasteiger charge is 1.80. The topological polar surface area (TPSA) is 49.7 Å². The first-order chi connectivity index (χ1) is 7.87. The Morgan fingerprint density at radius 1 is 0.941 bits per heavy atom. The Morgan fingerprint density at radius 3 is 1.12 bits per heavy atom. The summed E-state index contributed by atoms with van der Waals surface area (Å²) in [6.45, 7) is 20.8. The quantitative estimate of drug-likeness (QED) is 0.590. The molecule has 102 valence electrons. The second kappa shape index (κ2) is 29.3. The van der Waals surface area contributed by atoms with E-state index in [4.69, 9.17) is 14.9 Å². The van der Waals surface area contributed by atoms with Crippen LogP contribution in [0, 0.1) is 0 Å². The van der Waals surface area contributed by atoms with Crippen LogP contribution in [-0.2, 0) is 4.74 Å². The van der Waals surface area contributed by atoms with E-state index in [9.17, 15) is 0 Å². The molecule has 0 aliphatic heterocycles. The van der Waals surface area contributed by atoms with Crippen molar-refractivity contribution in [1.29, 1.82) is 0 Å². The summed E-state index contributed by atoms with van der Waals surface area (Å²) in [5, 5.41) is 15.2. The zero-order valence-corrected chi connectivity index (χ0v) is 11.7. The molecule has 3 nitrogen and oxygen atoms in total. The van der Waals surface area contributed by atoms with Crippen molar-refractivity contribution in [2.45, 2.75) is 27.7 Å². The van der Waals surface area contributed by atoms with Crippen LogP contribution in [0.3, 0.4) is 0 Å². The summed E-state index contributed by atoms with van der Waals surface area (Å²) in [4.78, 5) is 0. The van der Waals surface area contributed by atoms with Gasteiger partial charge in [0.2, 0.25) is 0 Å². The van der Waals surface area contributed by atoms with Gasteiger partial charge < -0.3 is 14.9 Å². The van der Waals surface area contributed by atoms with Gasteiger partial charge in [-0.05, 0) is 27.7 Å². The number of hydrogen-bond donors (Lipinski definition) is 2. The largest absolute Gasteiger partial charge is 0.468 e. The summed E-state index contributed by atoms with van der Waals surface area (Å²) in [5.74, 6) is 1.38. The first-order valence-corrected chi connectivity index (χ1v) is 5.22. The Balaban J connectivity index is -0.0000000726. The molecule has 0 aromatic rings. The van der Waals surface area contributed by atoms with Gasteiger partial charge in [-0.1, -0.05) is 25.3 Å². The molecule has 0 saturated carbocycles. The molecule has 0 aromatic carbocycles. The smallest absolute Gasteiger partial charge is 0.0933 e. The molecule has 0 aliphatic rings. The van der Waals surface area contributed by atoms with Crippen LogP contribution in [0.2, 0.25) is 0 Å². The maximum Gasteiger partial charge on any atom is 0.0933 e. The number of aliphatic hydroxyl groups excluding tert-OH is 2. The standard InChI is InChI=1S/C6H10O.2C3H6.C2H6O2/c1-5(2)7-6(3)4;2*1-3-2;3-1-2-4/h1,3H2,2,4H3;2*3H,1H2,2H3;3-4H,1-2H2. The maximum atomic E-state index is 7.62. The van der Waals surface area contributed by atoms with Crippen LogP contribution >= 0.6 is 0 Å². The number of hydrogen-bond acceptors (Lipinski definition) is 3. The molecule has 0 fully saturated rings. The predicted molar refractivity (Wildman–Crippen MR) is 76.6 cm³/mol. The van der Waals surface area contributed by atoms with Gasteiger partial charge in [0.05, 0.1) is 24.7 Å². The fraction of sp³-hybridized carbons (Fsp3) is 0.429. The normalized spacial score (nSPS) is 6.47. The molecule has 0 rings (SSSR count). The summed E-state index contributed by atoms with van der Waals surface area (Å²) in [6, 6.07) is 0. The Kier molecular flexibility index (Phi) is 42.7. The van der Waals surface area contributed by atoms with Crippen molar-refractivity contribution < 1.29 is 14.9 Å². The molecule has 0 aliphatic carbocycles. The van der Waals surface area contributed by atoms with Crippen molar-refractivity contribution in [3.63, 3.8) is 0 Å². The Morgan fingerprint density at radius 2 is 1.12 bits per heavy atom. The molecule has 0 spiro atoms. The molecule has 17 heavy (non-hydrogen) atoms. The summed E-state index contributed by atoms with van der Waals surface area (Å²) >= 11 is 0. The number of rotatable bonds is 3. The van der Waals surface area contributed by atoms with Gasteiger partial charge >= 0.3 is 0 Å². The second-order valence-corrected chi connectivity index (χ2v) is 2.77. The van der Waals surface area contributed by atoms with Crippen LogP contribution in [-0.4, -0.2) is 23.4 Å². The highest BCUT2D eigenvalue weighted by atomic mass is 16.5. The molecule has 2 N–H and O–H groups in total. The molecule has 0 unspecified atom stereocenters. The van der Waals surface area contributed by atoms with E-state index in [-0.39, 0.29) is 13.2 Å². The van der Waals surface area contributed by atoms with Crippen LogP contribution in [0.25, 0.3) is 0 Å².